The summed E-state index contributed by atoms with van der Waals surface area (Å²) in [4.78, 5) is 0. The van der Waals surface area contributed by atoms with Gasteiger partial charge in [0, 0.05) is 11.1 Å². The van der Waals surface area contributed by atoms with Crippen LogP contribution in [0.2, 0.25) is 5.02 Å². The van der Waals surface area contributed by atoms with Gasteiger partial charge in [-0.3, -0.25) is 0 Å². The average Bonchev–Trinajstić information content (AvgIpc) is 2.39. The van der Waals surface area contributed by atoms with E-state index in [9.17, 15) is 0 Å². The lowest BCUT2D eigenvalue weighted by atomic mass is 10.2. The van der Waals surface area contributed by atoms with Crippen LogP contribution in [0.4, 0.5) is 0 Å². The minimum absolute atomic E-state index is 0.352. The highest BCUT2D eigenvalue weighted by Gasteiger charge is 1.99. The van der Waals surface area contributed by atoms with E-state index in [0.29, 0.717) is 23.4 Å². The number of benzene rings is 1. The molecule has 1 aromatic carbocycles. The molecule has 88 valence electrons. The minimum atomic E-state index is 0.352. The Labute approximate surface area is 109 Å². The van der Waals surface area contributed by atoms with Gasteiger partial charge in [-0.25, -0.2) is 0 Å². The molecular formula is C12H10Cl2N2O. The highest BCUT2D eigenvalue weighted by molar-refractivity contribution is 6.30. The molecular weight excluding hydrogens is 259 g/mol. The molecule has 0 radical (unpaired) electrons. The van der Waals surface area contributed by atoms with E-state index in [2.05, 4.69) is 10.2 Å². The summed E-state index contributed by atoms with van der Waals surface area (Å²) in [5.41, 5.74) is 1.75. The normalized spacial score (nSPS) is 10.2. The fraction of sp³-hybridized carbons (Fsp3) is 0.167. The standard InChI is InChI=1S/C12H10Cl2N2O/c13-7-11-5-6-12(16-15-11)17-8-9-1-3-10(14)4-2-9/h1-6H,7-8H2. The molecule has 1 heterocycles. The third kappa shape index (κ3) is 3.58. The molecule has 0 aliphatic carbocycles. The molecule has 3 nitrogen and oxygen atoms in total. The highest BCUT2D eigenvalue weighted by Crippen LogP contribution is 2.12. The summed E-state index contributed by atoms with van der Waals surface area (Å²) in [5.74, 6) is 0.832. The van der Waals surface area contributed by atoms with Gasteiger partial charge in [0.25, 0.3) is 0 Å². The van der Waals surface area contributed by atoms with Gasteiger partial charge in [-0.05, 0) is 23.8 Å². The molecule has 0 aliphatic heterocycles. The van der Waals surface area contributed by atoms with Crippen LogP contribution < -0.4 is 4.74 Å². The second-order valence-corrected chi connectivity index (χ2v) is 4.12. The molecule has 0 aliphatic rings. The molecule has 5 heteroatoms. The fourth-order valence-corrected chi connectivity index (χ4v) is 1.50. The van der Waals surface area contributed by atoms with Crippen LogP contribution in [-0.4, -0.2) is 10.2 Å². The maximum atomic E-state index is 5.79. The lowest BCUT2D eigenvalue weighted by Crippen LogP contribution is -1.99. The third-order valence-corrected chi connectivity index (χ3v) is 2.66. The van der Waals surface area contributed by atoms with Crippen LogP contribution in [0, 0.1) is 0 Å². The summed E-state index contributed by atoms with van der Waals surface area (Å²) in [5, 5.41) is 8.50. The van der Waals surface area contributed by atoms with E-state index in [4.69, 9.17) is 27.9 Å². The summed E-state index contributed by atoms with van der Waals surface area (Å²) in [7, 11) is 0. The first-order chi connectivity index (χ1) is 8.28. The van der Waals surface area contributed by atoms with Crippen molar-refractivity contribution >= 4 is 23.2 Å². The Kier molecular flexibility index (Phi) is 4.18. The summed E-state index contributed by atoms with van der Waals surface area (Å²) in [6.45, 7) is 0.437. The SMILES string of the molecule is ClCc1ccc(OCc2ccc(Cl)cc2)nn1. The molecule has 0 atom stereocenters. The molecule has 0 saturated carbocycles. The molecule has 1 aromatic heterocycles. The lowest BCUT2D eigenvalue weighted by Gasteiger charge is -2.04. The van der Waals surface area contributed by atoms with Crippen LogP contribution in [0.1, 0.15) is 11.3 Å². The van der Waals surface area contributed by atoms with Gasteiger partial charge < -0.3 is 4.74 Å². The molecule has 0 amide bonds. The van der Waals surface area contributed by atoms with Gasteiger partial charge in [0.15, 0.2) is 0 Å². The molecule has 17 heavy (non-hydrogen) atoms. The zero-order valence-corrected chi connectivity index (χ0v) is 10.4. The Morgan fingerprint density at radius 2 is 1.76 bits per heavy atom. The largest absolute Gasteiger partial charge is 0.472 e. The van der Waals surface area contributed by atoms with Crippen molar-refractivity contribution in [3.05, 3.63) is 52.7 Å². The first-order valence-corrected chi connectivity index (χ1v) is 5.95. The van der Waals surface area contributed by atoms with Crippen molar-refractivity contribution in [1.29, 1.82) is 0 Å². The van der Waals surface area contributed by atoms with Crippen molar-refractivity contribution in [2.75, 3.05) is 0 Å². The summed E-state index contributed by atoms with van der Waals surface area (Å²) in [6.07, 6.45) is 0. The van der Waals surface area contributed by atoms with Crippen molar-refractivity contribution in [2.45, 2.75) is 12.5 Å². The van der Waals surface area contributed by atoms with Crippen LogP contribution in [0.3, 0.4) is 0 Å². The first-order valence-electron chi connectivity index (χ1n) is 5.04. The summed E-state index contributed by atoms with van der Waals surface area (Å²) >= 11 is 11.4. The molecule has 0 saturated heterocycles. The van der Waals surface area contributed by atoms with Crippen LogP contribution in [-0.2, 0) is 12.5 Å². The van der Waals surface area contributed by atoms with Crippen molar-refractivity contribution in [3.63, 3.8) is 0 Å². The molecule has 0 unspecified atom stereocenters. The number of aromatic nitrogens is 2. The van der Waals surface area contributed by atoms with E-state index in [1.54, 1.807) is 12.1 Å². The number of ether oxygens (including phenoxy) is 1. The molecule has 0 spiro atoms. The Morgan fingerprint density at radius 1 is 1.00 bits per heavy atom. The Hall–Kier alpha value is -1.32. The van der Waals surface area contributed by atoms with Gasteiger partial charge in [0.1, 0.15) is 6.61 Å². The number of alkyl halides is 1. The van der Waals surface area contributed by atoms with Gasteiger partial charge in [-0.2, -0.15) is 5.10 Å². The van der Waals surface area contributed by atoms with Crippen molar-refractivity contribution in [3.8, 4) is 5.88 Å². The predicted octanol–water partition coefficient (Wildman–Crippen LogP) is 3.45. The number of hydrogen-bond acceptors (Lipinski definition) is 3. The maximum absolute atomic E-state index is 5.79. The highest BCUT2D eigenvalue weighted by atomic mass is 35.5. The summed E-state index contributed by atoms with van der Waals surface area (Å²) in [6, 6.07) is 11.0. The van der Waals surface area contributed by atoms with Crippen molar-refractivity contribution in [2.24, 2.45) is 0 Å². The van der Waals surface area contributed by atoms with Gasteiger partial charge in [0.2, 0.25) is 5.88 Å². The van der Waals surface area contributed by atoms with Crippen molar-refractivity contribution < 1.29 is 4.74 Å². The van der Waals surface area contributed by atoms with E-state index >= 15 is 0 Å². The van der Waals surface area contributed by atoms with E-state index < -0.39 is 0 Å². The van der Waals surface area contributed by atoms with Gasteiger partial charge in [-0.1, -0.05) is 23.7 Å². The van der Waals surface area contributed by atoms with Gasteiger partial charge in [-0.15, -0.1) is 16.7 Å². The zero-order chi connectivity index (χ0) is 12.1. The number of rotatable bonds is 4. The second kappa shape index (κ2) is 5.84. The molecule has 2 rings (SSSR count). The van der Waals surface area contributed by atoms with Crippen LogP contribution in [0.15, 0.2) is 36.4 Å². The molecule has 2 aromatic rings. The number of nitrogens with zero attached hydrogens (tertiary/aromatic N) is 2. The van der Waals surface area contributed by atoms with Crippen LogP contribution in [0.5, 0.6) is 5.88 Å². The van der Waals surface area contributed by atoms with E-state index in [0.717, 1.165) is 11.3 Å². The second-order valence-electron chi connectivity index (χ2n) is 3.41. The first kappa shape index (κ1) is 12.1. The monoisotopic (exact) mass is 268 g/mol. The van der Waals surface area contributed by atoms with Crippen LogP contribution in [0.25, 0.3) is 0 Å². The maximum Gasteiger partial charge on any atom is 0.233 e. The van der Waals surface area contributed by atoms with E-state index in [1.165, 1.54) is 0 Å². The molecule has 0 N–H and O–H groups in total. The fourth-order valence-electron chi connectivity index (χ4n) is 1.23. The zero-order valence-electron chi connectivity index (χ0n) is 8.94. The molecule has 0 fully saturated rings. The Morgan fingerprint density at radius 3 is 2.35 bits per heavy atom. The minimum Gasteiger partial charge on any atom is -0.472 e. The van der Waals surface area contributed by atoms with E-state index in [1.807, 2.05) is 24.3 Å². The Balaban J connectivity index is 1.95. The number of halogens is 2. The van der Waals surface area contributed by atoms with Gasteiger partial charge >= 0.3 is 0 Å². The third-order valence-electron chi connectivity index (χ3n) is 2.13. The molecule has 0 bridgehead atoms. The topological polar surface area (TPSA) is 35.0 Å². The van der Waals surface area contributed by atoms with E-state index in [-0.39, 0.29) is 0 Å². The smallest absolute Gasteiger partial charge is 0.233 e. The predicted molar refractivity (Wildman–Crippen MR) is 67.4 cm³/mol. The van der Waals surface area contributed by atoms with Gasteiger partial charge in [0.05, 0.1) is 11.6 Å². The average molecular weight is 269 g/mol. The Bertz CT molecular complexity index is 471. The number of hydrogen-bond donors (Lipinski definition) is 0. The van der Waals surface area contributed by atoms with Crippen molar-refractivity contribution in [1.82, 2.24) is 10.2 Å². The lowest BCUT2D eigenvalue weighted by molar-refractivity contribution is 0.290. The quantitative estimate of drug-likeness (QED) is 0.797. The summed E-state index contributed by atoms with van der Waals surface area (Å²) < 4.78 is 5.47. The van der Waals surface area contributed by atoms with Crippen LogP contribution >= 0.6 is 23.2 Å².